The van der Waals surface area contributed by atoms with Crippen molar-refractivity contribution < 1.29 is 14.3 Å². The average Bonchev–Trinajstić information content (AvgIpc) is 3.23. The van der Waals surface area contributed by atoms with Crippen molar-refractivity contribution in [1.82, 2.24) is 14.8 Å². The summed E-state index contributed by atoms with van der Waals surface area (Å²) in [4.78, 5) is 17.9. The van der Waals surface area contributed by atoms with Gasteiger partial charge >= 0.3 is 5.97 Å². The van der Waals surface area contributed by atoms with Crippen molar-refractivity contribution in [3.8, 4) is 5.75 Å². The minimum atomic E-state index is -0.480. The number of ether oxygens (including phenoxy) is 2. The number of carbonyl (C=O) groups is 1. The minimum Gasteiger partial charge on any atom is -0.494 e. The fraction of sp³-hybridized carbons (Fsp3) is 0.346. The zero-order valence-corrected chi connectivity index (χ0v) is 20.8. The lowest BCUT2D eigenvalue weighted by Gasteiger charge is -2.28. The van der Waals surface area contributed by atoms with Crippen molar-refractivity contribution in [3.63, 3.8) is 0 Å². The monoisotopic (exact) mass is 478 g/mol. The van der Waals surface area contributed by atoms with E-state index >= 15 is 0 Å². The summed E-state index contributed by atoms with van der Waals surface area (Å²) in [5.74, 6) is 1.74. The molecule has 0 amide bonds. The molecule has 4 rings (SSSR count). The van der Waals surface area contributed by atoms with Crippen LogP contribution in [-0.2, 0) is 15.3 Å². The van der Waals surface area contributed by atoms with E-state index in [-0.39, 0.29) is 12.1 Å². The molecule has 178 valence electrons. The number of rotatable bonds is 9. The van der Waals surface area contributed by atoms with Gasteiger partial charge in [0.1, 0.15) is 11.8 Å². The molecule has 3 aromatic rings. The third kappa shape index (κ3) is 5.44. The highest BCUT2D eigenvalue weighted by atomic mass is 32.2. The largest absolute Gasteiger partial charge is 0.494 e. The lowest BCUT2D eigenvalue weighted by atomic mass is 9.95. The van der Waals surface area contributed by atoms with Crippen LogP contribution >= 0.6 is 11.8 Å². The molecule has 2 aromatic carbocycles. The van der Waals surface area contributed by atoms with E-state index in [0.29, 0.717) is 29.0 Å². The Labute approximate surface area is 204 Å². The highest BCUT2D eigenvalue weighted by Crippen LogP contribution is 2.38. The van der Waals surface area contributed by atoms with E-state index in [1.807, 2.05) is 63.2 Å². The van der Waals surface area contributed by atoms with Crippen molar-refractivity contribution >= 4 is 23.7 Å². The zero-order valence-electron chi connectivity index (χ0n) is 19.9. The summed E-state index contributed by atoms with van der Waals surface area (Å²) in [5, 5.41) is 8.68. The maximum Gasteiger partial charge on any atom is 0.338 e. The first-order chi connectivity index (χ1) is 16.5. The first-order valence-electron chi connectivity index (χ1n) is 11.5. The van der Waals surface area contributed by atoms with E-state index in [1.165, 1.54) is 5.56 Å². The fourth-order valence-electron chi connectivity index (χ4n) is 3.76. The summed E-state index contributed by atoms with van der Waals surface area (Å²) in [6.45, 7) is 8.26. The number of aromatic nitrogens is 3. The van der Waals surface area contributed by atoms with Crippen LogP contribution in [0.15, 0.2) is 71.0 Å². The van der Waals surface area contributed by atoms with Crippen LogP contribution in [-0.4, -0.2) is 33.4 Å². The summed E-state index contributed by atoms with van der Waals surface area (Å²) in [5.41, 5.74) is 3.30. The van der Waals surface area contributed by atoms with E-state index < -0.39 is 6.04 Å². The number of hydrogen-bond donors (Lipinski definition) is 1. The maximum atomic E-state index is 13.2. The Hall–Kier alpha value is -3.26. The molecule has 1 aromatic heterocycles. The number of carbonyl (C=O) groups excluding carboxylic acids is 1. The van der Waals surface area contributed by atoms with E-state index in [2.05, 4.69) is 24.4 Å². The molecule has 1 atom stereocenters. The van der Waals surface area contributed by atoms with E-state index in [4.69, 9.17) is 19.6 Å². The number of thioether (sulfide) groups is 1. The van der Waals surface area contributed by atoms with Crippen LogP contribution in [0.25, 0.3) is 0 Å². The summed E-state index contributed by atoms with van der Waals surface area (Å²) >= 11 is 1.56. The predicted molar refractivity (Wildman–Crippen MR) is 134 cm³/mol. The van der Waals surface area contributed by atoms with Gasteiger partial charge in [-0.25, -0.2) is 9.48 Å². The number of anilines is 1. The zero-order chi connectivity index (χ0) is 24.1. The van der Waals surface area contributed by atoms with Crippen LogP contribution in [0, 0.1) is 0 Å². The molecular weight excluding hydrogens is 448 g/mol. The van der Waals surface area contributed by atoms with Gasteiger partial charge in [-0.15, -0.1) is 5.10 Å². The van der Waals surface area contributed by atoms with Crippen LogP contribution in [0.4, 0.5) is 5.95 Å². The molecule has 0 bridgehead atoms. The minimum absolute atomic E-state index is 0.234. The molecule has 8 heteroatoms. The molecule has 0 spiro atoms. The van der Waals surface area contributed by atoms with E-state index in [0.717, 1.165) is 23.5 Å². The van der Waals surface area contributed by atoms with Gasteiger partial charge in [0.2, 0.25) is 11.1 Å². The standard InChI is InChI=1S/C26H30N4O3S/c1-5-14-32-21-13-9-12-20(15-21)23-22(24(31)33-17(2)3)18(4)27-25-28-26(29-30(23)25)34-16-19-10-7-6-8-11-19/h6-13,15,17,23H,5,14,16H2,1-4H3,(H,27,28,29). The number of allylic oxidation sites excluding steroid dienone is 1. The second-order valence-electron chi connectivity index (χ2n) is 8.38. The van der Waals surface area contributed by atoms with Gasteiger partial charge in [-0.3, -0.25) is 0 Å². The van der Waals surface area contributed by atoms with Gasteiger partial charge < -0.3 is 14.8 Å². The molecule has 1 aliphatic rings. The molecule has 1 aliphatic heterocycles. The van der Waals surface area contributed by atoms with Crippen LogP contribution in [0.5, 0.6) is 5.75 Å². The lowest BCUT2D eigenvalue weighted by molar-refractivity contribution is -0.143. The Kier molecular flexibility index (Phi) is 7.57. The van der Waals surface area contributed by atoms with Crippen molar-refractivity contribution in [2.75, 3.05) is 11.9 Å². The molecule has 7 nitrogen and oxygen atoms in total. The number of hydrogen-bond acceptors (Lipinski definition) is 7. The quantitative estimate of drug-likeness (QED) is 0.317. The van der Waals surface area contributed by atoms with Crippen molar-refractivity contribution in [2.24, 2.45) is 0 Å². The number of nitrogens with zero attached hydrogens (tertiary/aromatic N) is 3. The van der Waals surface area contributed by atoms with Gasteiger partial charge in [-0.1, -0.05) is 61.2 Å². The molecule has 34 heavy (non-hydrogen) atoms. The van der Waals surface area contributed by atoms with E-state index in [9.17, 15) is 4.79 Å². The Bertz CT molecular complexity index is 1170. The summed E-state index contributed by atoms with van der Waals surface area (Å²) in [6, 6.07) is 17.5. The first-order valence-corrected chi connectivity index (χ1v) is 12.5. The smallest absolute Gasteiger partial charge is 0.338 e. The van der Waals surface area contributed by atoms with Gasteiger partial charge in [-0.2, -0.15) is 4.98 Å². The molecular formula is C26H30N4O3S. The van der Waals surface area contributed by atoms with Gasteiger partial charge in [0.15, 0.2) is 0 Å². The SMILES string of the molecule is CCCOc1cccc(C2C(C(=O)OC(C)C)=C(C)Nc3nc(SCc4ccccc4)nn32)c1. The van der Waals surface area contributed by atoms with Gasteiger partial charge in [0.05, 0.1) is 18.3 Å². The van der Waals surface area contributed by atoms with E-state index in [1.54, 1.807) is 16.4 Å². The number of benzene rings is 2. The Morgan fingerprint density at radius 1 is 1.18 bits per heavy atom. The molecule has 1 N–H and O–H groups in total. The summed E-state index contributed by atoms with van der Waals surface area (Å²) in [6.07, 6.45) is 0.680. The summed E-state index contributed by atoms with van der Waals surface area (Å²) in [7, 11) is 0. The Balaban J connectivity index is 1.70. The molecule has 1 unspecified atom stereocenters. The van der Waals surface area contributed by atoms with Crippen LogP contribution < -0.4 is 10.1 Å². The lowest BCUT2D eigenvalue weighted by Crippen LogP contribution is -2.30. The van der Waals surface area contributed by atoms with Crippen LogP contribution in [0.2, 0.25) is 0 Å². The predicted octanol–water partition coefficient (Wildman–Crippen LogP) is 5.60. The van der Waals surface area contributed by atoms with Crippen molar-refractivity contribution in [2.45, 2.75) is 57.2 Å². The highest BCUT2D eigenvalue weighted by molar-refractivity contribution is 7.98. The number of esters is 1. The molecule has 2 heterocycles. The molecule has 0 saturated heterocycles. The Morgan fingerprint density at radius 2 is 1.97 bits per heavy atom. The second-order valence-corrected chi connectivity index (χ2v) is 9.32. The van der Waals surface area contributed by atoms with Crippen LogP contribution in [0.1, 0.15) is 51.3 Å². The Morgan fingerprint density at radius 3 is 2.71 bits per heavy atom. The average molecular weight is 479 g/mol. The highest BCUT2D eigenvalue weighted by Gasteiger charge is 2.35. The molecule has 0 saturated carbocycles. The molecule has 0 aliphatic carbocycles. The third-order valence-corrected chi connectivity index (χ3v) is 6.16. The first kappa shape index (κ1) is 23.9. The maximum absolute atomic E-state index is 13.2. The third-order valence-electron chi connectivity index (χ3n) is 5.25. The normalized spacial score (nSPS) is 15.1. The van der Waals surface area contributed by atoms with Crippen molar-refractivity contribution in [3.05, 3.63) is 77.0 Å². The topological polar surface area (TPSA) is 78.3 Å². The fourth-order valence-corrected chi connectivity index (χ4v) is 4.54. The number of fused-ring (bicyclic) bond motifs is 1. The summed E-state index contributed by atoms with van der Waals surface area (Å²) < 4.78 is 13.2. The van der Waals surface area contributed by atoms with Crippen molar-refractivity contribution in [1.29, 1.82) is 0 Å². The number of nitrogens with one attached hydrogen (secondary N) is 1. The second kappa shape index (κ2) is 10.8. The molecule has 0 fully saturated rings. The van der Waals surface area contributed by atoms with Gasteiger partial charge in [-0.05, 0) is 50.5 Å². The van der Waals surface area contributed by atoms with Crippen LogP contribution in [0.3, 0.4) is 0 Å². The van der Waals surface area contributed by atoms with Gasteiger partial charge in [0, 0.05) is 11.4 Å². The molecule has 0 radical (unpaired) electrons. The van der Waals surface area contributed by atoms with Gasteiger partial charge in [0.25, 0.3) is 0 Å².